The molecule has 0 spiro atoms. The number of rotatable bonds is 6. The van der Waals surface area contributed by atoms with E-state index < -0.39 is 0 Å². The van der Waals surface area contributed by atoms with E-state index in [1.807, 2.05) is 23.6 Å². The van der Waals surface area contributed by atoms with Gasteiger partial charge in [0.15, 0.2) is 0 Å². The Morgan fingerprint density at radius 3 is 2.73 bits per heavy atom. The molecule has 1 aliphatic carbocycles. The summed E-state index contributed by atoms with van der Waals surface area (Å²) in [5.41, 5.74) is 2.74. The molecule has 3 nitrogen and oxygen atoms in total. The van der Waals surface area contributed by atoms with E-state index in [4.69, 9.17) is 4.74 Å². The molecule has 0 radical (unpaired) electrons. The van der Waals surface area contributed by atoms with Gasteiger partial charge in [0.1, 0.15) is 18.2 Å². The van der Waals surface area contributed by atoms with Crippen LogP contribution < -0.4 is 10.1 Å². The smallest absolute Gasteiger partial charge is 0.266 e. The Bertz CT molecular complexity index is 916. The van der Waals surface area contributed by atoms with E-state index in [2.05, 4.69) is 11.4 Å². The minimum atomic E-state index is -0.266. The van der Waals surface area contributed by atoms with E-state index in [0.29, 0.717) is 24.0 Å². The first-order chi connectivity index (χ1) is 12.7. The van der Waals surface area contributed by atoms with E-state index in [0.717, 1.165) is 16.0 Å². The highest BCUT2D eigenvalue weighted by atomic mass is 32.1. The molecule has 1 heterocycles. The Balaban J connectivity index is 1.41. The van der Waals surface area contributed by atoms with Crippen LogP contribution >= 0.6 is 11.3 Å². The molecule has 26 heavy (non-hydrogen) atoms. The molecule has 2 aromatic carbocycles. The van der Waals surface area contributed by atoms with Gasteiger partial charge in [0, 0.05) is 11.8 Å². The molecule has 0 unspecified atom stereocenters. The van der Waals surface area contributed by atoms with Crippen molar-refractivity contribution in [2.45, 2.75) is 25.4 Å². The fourth-order valence-electron chi connectivity index (χ4n) is 2.82. The number of nitrogens with one attached hydrogen (secondary N) is 1. The third-order valence-corrected chi connectivity index (χ3v) is 5.26. The molecule has 0 aliphatic heterocycles. The zero-order valence-electron chi connectivity index (χ0n) is 14.1. The van der Waals surface area contributed by atoms with Crippen LogP contribution in [0.25, 0.3) is 0 Å². The van der Waals surface area contributed by atoms with E-state index in [1.54, 1.807) is 18.2 Å². The maximum absolute atomic E-state index is 12.9. The summed E-state index contributed by atoms with van der Waals surface area (Å²) in [6.45, 7) is 0.342. The minimum Gasteiger partial charge on any atom is -0.489 e. The lowest BCUT2D eigenvalue weighted by molar-refractivity contribution is 0.102. The summed E-state index contributed by atoms with van der Waals surface area (Å²) in [5, 5.41) is 4.93. The van der Waals surface area contributed by atoms with Gasteiger partial charge in [0.05, 0.1) is 4.88 Å². The Labute approximate surface area is 155 Å². The van der Waals surface area contributed by atoms with Crippen molar-refractivity contribution in [3.05, 3.63) is 81.8 Å². The lowest BCUT2D eigenvalue weighted by atomic mass is 10.1. The fraction of sp³-hybridized carbons (Fsp3) is 0.190. The molecule has 0 bridgehead atoms. The van der Waals surface area contributed by atoms with Gasteiger partial charge in [-0.15, -0.1) is 11.3 Å². The number of carbonyl (C=O) groups is 1. The van der Waals surface area contributed by atoms with Crippen molar-refractivity contribution >= 4 is 22.9 Å². The van der Waals surface area contributed by atoms with Gasteiger partial charge in [0.2, 0.25) is 0 Å². The van der Waals surface area contributed by atoms with Gasteiger partial charge in [-0.05, 0) is 65.6 Å². The Morgan fingerprint density at radius 2 is 1.96 bits per heavy atom. The predicted molar refractivity (Wildman–Crippen MR) is 101 cm³/mol. The monoisotopic (exact) mass is 367 g/mol. The average molecular weight is 367 g/mol. The largest absolute Gasteiger partial charge is 0.489 e. The van der Waals surface area contributed by atoms with E-state index in [1.165, 1.54) is 36.3 Å². The highest BCUT2D eigenvalue weighted by Gasteiger charge is 2.28. The average Bonchev–Trinajstić information content (AvgIpc) is 3.38. The Morgan fingerprint density at radius 1 is 1.15 bits per heavy atom. The van der Waals surface area contributed by atoms with Crippen LogP contribution in [0.2, 0.25) is 0 Å². The summed E-state index contributed by atoms with van der Waals surface area (Å²) in [7, 11) is 0. The molecular formula is C21H18FNO2S. The number of ether oxygens (including phenoxy) is 1. The number of benzene rings is 2. The summed E-state index contributed by atoms with van der Waals surface area (Å²) < 4.78 is 18.7. The number of amides is 1. The first-order valence-corrected chi connectivity index (χ1v) is 9.43. The SMILES string of the molecule is O=C(Nc1cccc(OCc2ccc(F)cc2)c1)c1sccc1C1CC1. The van der Waals surface area contributed by atoms with Crippen LogP contribution in [0.5, 0.6) is 5.75 Å². The van der Waals surface area contributed by atoms with Crippen molar-refractivity contribution in [3.8, 4) is 5.75 Å². The number of halogens is 1. The second-order valence-electron chi connectivity index (χ2n) is 6.38. The van der Waals surface area contributed by atoms with Crippen LogP contribution in [0.4, 0.5) is 10.1 Å². The van der Waals surface area contributed by atoms with Crippen LogP contribution in [-0.4, -0.2) is 5.91 Å². The summed E-state index contributed by atoms with van der Waals surface area (Å²) in [6, 6.07) is 15.6. The topological polar surface area (TPSA) is 38.3 Å². The first kappa shape index (κ1) is 16.8. The lowest BCUT2D eigenvalue weighted by Gasteiger charge is -2.10. The summed E-state index contributed by atoms with van der Waals surface area (Å²) in [5.74, 6) is 0.864. The lowest BCUT2D eigenvalue weighted by Crippen LogP contribution is -2.12. The molecule has 4 rings (SSSR count). The van der Waals surface area contributed by atoms with Crippen molar-refractivity contribution in [1.29, 1.82) is 0 Å². The van der Waals surface area contributed by atoms with Crippen LogP contribution in [0.3, 0.4) is 0 Å². The van der Waals surface area contributed by atoms with Gasteiger partial charge < -0.3 is 10.1 Å². The van der Waals surface area contributed by atoms with Crippen molar-refractivity contribution < 1.29 is 13.9 Å². The maximum Gasteiger partial charge on any atom is 0.266 e. The summed E-state index contributed by atoms with van der Waals surface area (Å²) >= 11 is 1.48. The molecule has 5 heteroatoms. The van der Waals surface area contributed by atoms with E-state index >= 15 is 0 Å². The zero-order chi connectivity index (χ0) is 17.9. The number of hydrogen-bond acceptors (Lipinski definition) is 3. The predicted octanol–water partition coefficient (Wildman–Crippen LogP) is 5.60. The number of carbonyl (C=O) groups excluding carboxylic acids is 1. The quantitative estimate of drug-likeness (QED) is 0.616. The molecule has 0 atom stereocenters. The summed E-state index contributed by atoms with van der Waals surface area (Å²) in [4.78, 5) is 13.4. The highest BCUT2D eigenvalue weighted by molar-refractivity contribution is 7.12. The molecule has 1 saturated carbocycles. The van der Waals surface area contributed by atoms with Crippen LogP contribution in [-0.2, 0) is 6.61 Å². The van der Waals surface area contributed by atoms with Crippen LogP contribution in [0.1, 0.15) is 39.6 Å². The highest BCUT2D eigenvalue weighted by Crippen LogP contribution is 2.43. The first-order valence-electron chi connectivity index (χ1n) is 8.55. The minimum absolute atomic E-state index is 0.0717. The molecule has 3 aromatic rings. The normalized spacial score (nSPS) is 13.4. The van der Waals surface area contributed by atoms with Gasteiger partial charge >= 0.3 is 0 Å². The van der Waals surface area contributed by atoms with E-state index in [-0.39, 0.29) is 11.7 Å². The molecular weight excluding hydrogens is 349 g/mol. The van der Waals surface area contributed by atoms with Crippen molar-refractivity contribution in [3.63, 3.8) is 0 Å². The zero-order valence-corrected chi connectivity index (χ0v) is 14.9. The second kappa shape index (κ2) is 7.30. The Hall–Kier alpha value is -2.66. The van der Waals surface area contributed by atoms with Crippen LogP contribution in [0.15, 0.2) is 60.0 Å². The molecule has 132 valence electrons. The van der Waals surface area contributed by atoms with Crippen molar-refractivity contribution in [1.82, 2.24) is 0 Å². The van der Waals surface area contributed by atoms with Gasteiger partial charge in [-0.1, -0.05) is 18.2 Å². The standard InChI is InChI=1S/C21H18FNO2S/c22-16-8-4-14(5-9-16)13-25-18-3-1-2-17(12-18)23-21(24)20-19(10-11-26-20)15-6-7-15/h1-5,8-12,15H,6-7,13H2,(H,23,24). The number of anilines is 1. The summed E-state index contributed by atoms with van der Waals surface area (Å²) in [6.07, 6.45) is 2.34. The third kappa shape index (κ3) is 3.94. The molecule has 0 saturated heterocycles. The fourth-order valence-corrected chi connectivity index (χ4v) is 3.70. The maximum atomic E-state index is 12.9. The third-order valence-electron chi connectivity index (χ3n) is 4.33. The van der Waals surface area contributed by atoms with Gasteiger partial charge in [-0.25, -0.2) is 4.39 Å². The molecule has 1 N–H and O–H groups in total. The van der Waals surface area contributed by atoms with Crippen molar-refractivity contribution in [2.75, 3.05) is 5.32 Å². The molecule has 1 amide bonds. The second-order valence-corrected chi connectivity index (χ2v) is 7.29. The molecule has 1 aliphatic rings. The molecule has 1 aromatic heterocycles. The Kier molecular flexibility index (Phi) is 4.71. The van der Waals surface area contributed by atoms with Gasteiger partial charge in [-0.3, -0.25) is 4.79 Å². The number of thiophene rings is 1. The van der Waals surface area contributed by atoms with Crippen molar-refractivity contribution in [2.24, 2.45) is 0 Å². The molecule has 1 fully saturated rings. The van der Waals surface area contributed by atoms with E-state index in [9.17, 15) is 9.18 Å². The van der Waals surface area contributed by atoms with Gasteiger partial charge in [0.25, 0.3) is 5.91 Å². The van der Waals surface area contributed by atoms with Crippen LogP contribution in [0, 0.1) is 5.82 Å². The van der Waals surface area contributed by atoms with Gasteiger partial charge in [-0.2, -0.15) is 0 Å². The number of hydrogen-bond donors (Lipinski definition) is 1.